The highest BCUT2D eigenvalue weighted by molar-refractivity contribution is 5.89. The van der Waals surface area contributed by atoms with E-state index < -0.39 is 6.10 Å². The number of carbonyl (C=O) groups excluding carboxylic acids is 2. The Morgan fingerprint density at radius 1 is 1.08 bits per heavy atom. The Labute approximate surface area is 211 Å². The van der Waals surface area contributed by atoms with Crippen LogP contribution in [0, 0.1) is 0 Å². The summed E-state index contributed by atoms with van der Waals surface area (Å²) in [6, 6.07) is 9.38. The summed E-state index contributed by atoms with van der Waals surface area (Å²) in [5.41, 5.74) is 2.64. The maximum Gasteiger partial charge on any atom is 0.319 e. The lowest BCUT2D eigenvalue weighted by Crippen LogP contribution is -2.47. The second kappa shape index (κ2) is 11.3. The molecule has 192 valence electrons. The summed E-state index contributed by atoms with van der Waals surface area (Å²) >= 11 is 0. The molecular weight excluding hydrogens is 460 g/mol. The number of rotatable bonds is 7. The van der Waals surface area contributed by atoms with Crippen LogP contribution in [0.4, 0.5) is 10.5 Å². The first kappa shape index (κ1) is 24.5. The van der Waals surface area contributed by atoms with Gasteiger partial charge in [-0.05, 0) is 55.2 Å². The number of nitrogens with one attached hydrogen (secondary N) is 3. The molecule has 2 aromatic rings. The fourth-order valence-electron chi connectivity index (χ4n) is 5.55. The molecule has 1 aromatic carbocycles. The lowest BCUT2D eigenvalue weighted by atomic mass is 9.84. The van der Waals surface area contributed by atoms with E-state index in [1.807, 2.05) is 30.3 Å². The van der Waals surface area contributed by atoms with Crippen LogP contribution in [0.5, 0.6) is 5.75 Å². The predicted octanol–water partition coefficient (Wildman–Crippen LogP) is 3.24. The minimum atomic E-state index is -0.528. The van der Waals surface area contributed by atoms with Gasteiger partial charge in [0.25, 0.3) is 0 Å². The third-order valence-corrected chi connectivity index (χ3v) is 7.35. The molecule has 36 heavy (non-hydrogen) atoms. The van der Waals surface area contributed by atoms with Gasteiger partial charge in [0.05, 0.1) is 19.1 Å². The van der Waals surface area contributed by atoms with Gasteiger partial charge < -0.3 is 30.5 Å². The SMILES string of the molecule is O=C(C[C@@H]1C[C@H]2c3cc(NC(=O)NC4CCCCC4)ccc3O[C@H]2[C@@H](CO)O1)NCc1ccncc1. The summed E-state index contributed by atoms with van der Waals surface area (Å²) in [6.45, 7) is 0.229. The lowest BCUT2D eigenvalue weighted by Gasteiger charge is -2.37. The van der Waals surface area contributed by atoms with E-state index in [1.165, 1.54) is 6.42 Å². The molecular formula is C27H34N4O5. The molecule has 1 saturated heterocycles. The van der Waals surface area contributed by atoms with Crippen molar-refractivity contribution < 1.29 is 24.2 Å². The summed E-state index contributed by atoms with van der Waals surface area (Å²) in [7, 11) is 0. The fourth-order valence-corrected chi connectivity index (χ4v) is 5.55. The van der Waals surface area contributed by atoms with E-state index in [0.29, 0.717) is 18.7 Å². The van der Waals surface area contributed by atoms with Crippen LogP contribution in [0.3, 0.4) is 0 Å². The molecule has 4 N–H and O–H groups in total. The second-order valence-electron chi connectivity index (χ2n) is 9.93. The van der Waals surface area contributed by atoms with Gasteiger partial charge >= 0.3 is 6.03 Å². The quantitative estimate of drug-likeness (QED) is 0.469. The van der Waals surface area contributed by atoms with Crippen LogP contribution in [0.1, 0.15) is 62.0 Å². The van der Waals surface area contributed by atoms with Crippen molar-refractivity contribution in [1.29, 1.82) is 0 Å². The molecule has 0 radical (unpaired) electrons. The Balaban J connectivity index is 1.21. The minimum absolute atomic E-state index is 0.0351. The molecule has 0 unspecified atom stereocenters. The highest BCUT2D eigenvalue weighted by Gasteiger charge is 2.46. The number of aromatic nitrogens is 1. The number of benzene rings is 1. The predicted molar refractivity (Wildman–Crippen MR) is 134 cm³/mol. The Kier molecular flexibility index (Phi) is 7.67. The van der Waals surface area contributed by atoms with Gasteiger partial charge in [-0.15, -0.1) is 0 Å². The maximum absolute atomic E-state index is 12.6. The largest absolute Gasteiger partial charge is 0.487 e. The lowest BCUT2D eigenvalue weighted by molar-refractivity contribution is -0.142. The smallest absolute Gasteiger partial charge is 0.319 e. The number of ether oxygens (including phenoxy) is 2. The van der Waals surface area contributed by atoms with E-state index in [0.717, 1.165) is 42.6 Å². The van der Waals surface area contributed by atoms with Gasteiger partial charge in [0.1, 0.15) is 18.0 Å². The van der Waals surface area contributed by atoms with Gasteiger partial charge in [0.2, 0.25) is 5.91 Å². The maximum atomic E-state index is 12.6. The molecule has 5 rings (SSSR count). The number of aliphatic hydroxyl groups excluding tert-OH is 1. The zero-order chi connectivity index (χ0) is 24.9. The molecule has 0 bridgehead atoms. The highest BCUT2D eigenvalue weighted by atomic mass is 16.6. The van der Waals surface area contributed by atoms with Crippen LogP contribution < -0.4 is 20.7 Å². The van der Waals surface area contributed by atoms with Crippen LogP contribution >= 0.6 is 0 Å². The van der Waals surface area contributed by atoms with Crippen molar-refractivity contribution in [1.82, 2.24) is 15.6 Å². The standard InChI is InChI=1S/C27H34N4O5/c32-16-24-26-22(13-20(35-24)14-25(33)29-15-17-8-10-28-11-9-17)21-12-19(6-7-23(21)36-26)31-27(34)30-18-4-2-1-3-5-18/h6-12,18,20,22,24,26,32H,1-5,13-16H2,(H,29,33)(H2,30,31,34)/t20-,22-,24+,26+/m0/s1. The topological polar surface area (TPSA) is 122 Å². The van der Waals surface area contributed by atoms with Crippen molar-refractivity contribution in [3.05, 3.63) is 53.9 Å². The van der Waals surface area contributed by atoms with Crippen LogP contribution in [0.2, 0.25) is 0 Å². The van der Waals surface area contributed by atoms with Crippen molar-refractivity contribution in [3.8, 4) is 5.75 Å². The summed E-state index contributed by atoms with van der Waals surface area (Å²) < 4.78 is 12.2. The van der Waals surface area contributed by atoms with E-state index in [2.05, 4.69) is 20.9 Å². The van der Waals surface area contributed by atoms with E-state index in [4.69, 9.17) is 9.47 Å². The first-order chi connectivity index (χ1) is 17.6. The Morgan fingerprint density at radius 3 is 2.67 bits per heavy atom. The van der Waals surface area contributed by atoms with E-state index in [-0.39, 0.29) is 49.1 Å². The number of amides is 3. The molecule has 4 atom stereocenters. The number of nitrogens with zero attached hydrogens (tertiary/aromatic N) is 1. The molecule has 0 spiro atoms. The zero-order valence-corrected chi connectivity index (χ0v) is 20.3. The van der Waals surface area contributed by atoms with Gasteiger partial charge in [0, 0.05) is 42.1 Å². The molecule has 1 aliphatic carbocycles. The second-order valence-corrected chi connectivity index (χ2v) is 9.93. The minimum Gasteiger partial charge on any atom is -0.487 e. The van der Waals surface area contributed by atoms with Crippen molar-refractivity contribution in [2.24, 2.45) is 0 Å². The highest BCUT2D eigenvalue weighted by Crippen LogP contribution is 2.47. The number of aliphatic hydroxyl groups is 1. The Hall–Kier alpha value is -3.17. The fraction of sp³-hybridized carbons (Fsp3) is 0.519. The molecule has 1 aromatic heterocycles. The summed E-state index contributed by atoms with van der Waals surface area (Å²) in [6.07, 6.45) is 8.56. The van der Waals surface area contributed by atoms with Crippen LogP contribution in [0.25, 0.3) is 0 Å². The average molecular weight is 495 g/mol. The van der Waals surface area contributed by atoms with Crippen LogP contribution in [-0.2, 0) is 16.1 Å². The normalized spacial score (nSPS) is 25.2. The van der Waals surface area contributed by atoms with E-state index >= 15 is 0 Å². The number of fused-ring (bicyclic) bond motifs is 3. The van der Waals surface area contributed by atoms with Gasteiger partial charge in [-0.25, -0.2) is 4.79 Å². The molecule has 1 saturated carbocycles. The third-order valence-electron chi connectivity index (χ3n) is 7.35. The number of anilines is 1. The van der Waals surface area contributed by atoms with Gasteiger partial charge in [-0.1, -0.05) is 19.3 Å². The number of urea groups is 1. The number of pyridine rings is 1. The monoisotopic (exact) mass is 494 g/mol. The molecule has 3 amide bonds. The van der Waals surface area contributed by atoms with Crippen molar-refractivity contribution in [2.45, 2.75) is 81.8 Å². The molecule has 9 nitrogen and oxygen atoms in total. The summed E-state index contributed by atoms with van der Waals surface area (Å²) in [5.74, 6) is 0.584. The third kappa shape index (κ3) is 5.79. The van der Waals surface area contributed by atoms with E-state index in [1.54, 1.807) is 12.4 Å². The van der Waals surface area contributed by atoms with Gasteiger partial charge in [-0.2, -0.15) is 0 Å². The van der Waals surface area contributed by atoms with Gasteiger partial charge in [-0.3, -0.25) is 9.78 Å². The Bertz CT molecular complexity index is 1060. The van der Waals surface area contributed by atoms with Gasteiger partial charge in [0.15, 0.2) is 0 Å². The van der Waals surface area contributed by atoms with Crippen LogP contribution in [0.15, 0.2) is 42.7 Å². The number of hydrogen-bond acceptors (Lipinski definition) is 6. The molecule has 2 aliphatic heterocycles. The molecule has 9 heteroatoms. The summed E-state index contributed by atoms with van der Waals surface area (Å²) in [5, 5.41) is 18.9. The first-order valence-electron chi connectivity index (χ1n) is 12.9. The Morgan fingerprint density at radius 2 is 1.89 bits per heavy atom. The van der Waals surface area contributed by atoms with Crippen LogP contribution in [-0.4, -0.2) is 53.0 Å². The van der Waals surface area contributed by atoms with Crippen molar-refractivity contribution in [3.63, 3.8) is 0 Å². The zero-order valence-electron chi connectivity index (χ0n) is 20.3. The molecule has 3 heterocycles. The molecule has 3 aliphatic rings. The summed E-state index contributed by atoms with van der Waals surface area (Å²) in [4.78, 5) is 29.1. The average Bonchev–Trinajstić information content (AvgIpc) is 3.26. The van der Waals surface area contributed by atoms with Crippen molar-refractivity contribution >= 4 is 17.6 Å². The van der Waals surface area contributed by atoms with Crippen molar-refractivity contribution in [2.75, 3.05) is 11.9 Å². The molecule has 2 fully saturated rings. The first-order valence-corrected chi connectivity index (χ1v) is 12.9. The number of hydrogen-bond donors (Lipinski definition) is 4. The van der Waals surface area contributed by atoms with E-state index in [9.17, 15) is 14.7 Å². The number of carbonyl (C=O) groups is 2.